The number of nitrogens with one attached hydrogen (secondary N) is 2. The lowest BCUT2D eigenvalue weighted by molar-refractivity contribution is 0.0732. The van der Waals surface area contributed by atoms with Gasteiger partial charge in [-0.1, -0.05) is 53.5 Å². The summed E-state index contributed by atoms with van der Waals surface area (Å²) in [4.78, 5) is 33.9. The van der Waals surface area contributed by atoms with Crippen molar-refractivity contribution < 1.29 is 9.59 Å². The molecule has 0 saturated heterocycles. The molecule has 2 amide bonds. The van der Waals surface area contributed by atoms with Crippen LogP contribution in [0.1, 0.15) is 39.5 Å². The number of hydrogen-bond donors (Lipinski definition) is 2. The molecular weight excluding hydrogens is 399 g/mol. The van der Waals surface area contributed by atoms with E-state index in [9.17, 15) is 9.59 Å². The number of aromatic amines is 1. The van der Waals surface area contributed by atoms with Gasteiger partial charge in [0.05, 0.1) is 22.4 Å². The molecule has 3 rings (SSSR count). The molecule has 3 aromatic rings. The molecule has 2 aromatic carbocycles. The van der Waals surface area contributed by atoms with Crippen LogP contribution in [0.2, 0.25) is 10.0 Å². The van der Waals surface area contributed by atoms with Gasteiger partial charge in [-0.2, -0.15) is 0 Å². The Morgan fingerprint density at radius 1 is 1.11 bits per heavy atom. The number of benzene rings is 2. The van der Waals surface area contributed by atoms with Gasteiger partial charge in [-0.15, -0.1) is 0 Å². The van der Waals surface area contributed by atoms with Crippen molar-refractivity contribution in [3.05, 3.63) is 81.9 Å². The first-order valence-corrected chi connectivity index (χ1v) is 9.26. The number of anilines is 1. The fourth-order valence-electron chi connectivity index (χ4n) is 2.70. The zero-order chi connectivity index (χ0) is 20.3. The minimum atomic E-state index is -0.524. The van der Waals surface area contributed by atoms with Crippen LogP contribution >= 0.6 is 23.2 Å². The maximum atomic E-state index is 12.9. The molecule has 8 heteroatoms. The second kappa shape index (κ2) is 8.46. The molecule has 0 unspecified atom stereocenters. The Morgan fingerprint density at radius 3 is 2.50 bits per heavy atom. The molecule has 0 bridgehead atoms. The molecule has 0 saturated carbocycles. The van der Waals surface area contributed by atoms with Crippen LogP contribution in [0.5, 0.6) is 0 Å². The number of halogens is 2. The van der Waals surface area contributed by atoms with Crippen LogP contribution in [0.25, 0.3) is 0 Å². The van der Waals surface area contributed by atoms with E-state index < -0.39 is 5.91 Å². The van der Waals surface area contributed by atoms with Gasteiger partial charge >= 0.3 is 0 Å². The number of carbonyl (C=O) groups is 2. The topological polar surface area (TPSA) is 78.1 Å². The summed E-state index contributed by atoms with van der Waals surface area (Å²) in [6.45, 7) is 1.92. The van der Waals surface area contributed by atoms with E-state index >= 15 is 0 Å². The van der Waals surface area contributed by atoms with E-state index in [1.54, 1.807) is 24.1 Å². The molecule has 2 N–H and O–H groups in total. The van der Waals surface area contributed by atoms with Gasteiger partial charge in [0.2, 0.25) is 0 Å². The molecule has 1 atom stereocenters. The minimum Gasteiger partial charge on any atom is -0.340 e. The average Bonchev–Trinajstić information content (AvgIpc) is 3.19. The highest BCUT2D eigenvalue weighted by Gasteiger charge is 2.26. The lowest BCUT2D eigenvalue weighted by Gasteiger charge is -2.25. The van der Waals surface area contributed by atoms with Gasteiger partial charge in [-0.05, 0) is 30.7 Å². The van der Waals surface area contributed by atoms with E-state index in [4.69, 9.17) is 23.2 Å². The number of amides is 2. The molecule has 0 aliphatic rings. The van der Waals surface area contributed by atoms with Crippen molar-refractivity contribution in [1.29, 1.82) is 0 Å². The maximum Gasteiger partial charge on any atom is 0.276 e. The number of H-pyrrole nitrogens is 1. The number of imidazole rings is 1. The molecule has 0 aliphatic carbocycles. The van der Waals surface area contributed by atoms with E-state index in [1.165, 1.54) is 12.4 Å². The Balaban J connectivity index is 1.79. The van der Waals surface area contributed by atoms with Crippen molar-refractivity contribution in [2.24, 2.45) is 0 Å². The number of carbonyl (C=O) groups excluding carboxylic acids is 2. The first kappa shape index (κ1) is 19.9. The molecule has 28 heavy (non-hydrogen) atoms. The van der Waals surface area contributed by atoms with Crippen LogP contribution in [0.15, 0.2) is 54.9 Å². The molecule has 0 aliphatic heterocycles. The van der Waals surface area contributed by atoms with Gasteiger partial charge in [-0.3, -0.25) is 9.59 Å². The van der Waals surface area contributed by atoms with Crippen LogP contribution in [-0.2, 0) is 0 Å². The summed E-state index contributed by atoms with van der Waals surface area (Å²) < 4.78 is 0. The Bertz CT molecular complexity index is 1000. The summed E-state index contributed by atoms with van der Waals surface area (Å²) in [6.07, 6.45) is 1.32. The highest BCUT2D eigenvalue weighted by atomic mass is 35.5. The maximum absolute atomic E-state index is 12.9. The van der Waals surface area contributed by atoms with Gasteiger partial charge in [0, 0.05) is 12.7 Å². The predicted octanol–water partition coefficient (Wildman–Crippen LogP) is 4.80. The lowest BCUT2D eigenvalue weighted by Crippen LogP contribution is -2.31. The largest absolute Gasteiger partial charge is 0.340 e. The fourth-order valence-corrected chi connectivity index (χ4v) is 3.00. The molecule has 0 radical (unpaired) electrons. The van der Waals surface area contributed by atoms with E-state index in [0.717, 1.165) is 5.56 Å². The van der Waals surface area contributed by atoms with Crippen LogP contribution in [0.3, 0.4) is 0 Å². The number of aromatic nitrogens is 2. The molecule has 1 aromatic heterocycles. The monoisotopic (exact) mass is 416 g/mol. The van der Waals surface area contributed by atoms with E-state index in [0.29, 0.717) is 15.7 Å². The zero-order valence-corrected chi connectivity index (χ0v) is 16.8. The average molecular weight is 417 g/mol. The van der Waals surface area contributed by atoms with Gasteiger partial charge in [0.1, 0.15) is 5.69 Å². The van der Waals surface area contributed by atoms with E-state index in [2.05, 4.69) is 15.3 Å². The van der Waals surface area contributed by atoms with Gasteiger partial charge in [0.25, 0.3) is 11.8 Å². The highest BCUT2D eigenvalue weighted by molar-refractivity contribution is 6.42. The van der Waals surface area contributed by atoms with Crippen LogP contribution in [0, 0.1) is 0 Å². The van der Waals surface area contributed by atoms with Gasteiger partial charge < -0.3 is 15.2 Å². The third-order valence-corrected chi connectivity index (χ3v) is 5.17. The molecular formula is C20H18Cl2N4O2. The number of hydrogen-bond acceptors (Lipinski definition) is 3. The number of rotatable bonds is 5. The third-order valence-electron chi connectivity index (χ3n) is 4.43. The Hall–Kier alpha value is -2.83. The minimum absolute atomic E-state index is 0.00295. The summed E-state index contributed by atoms with van der Waals surface area (Å²) in [5, 5.41) is 3.37. The number of nitrogens with zero attached hydrogens (tertiary/aromatic N) is 2. The van der Waals surface area contributed by atoms with Crippen molar-refractivity contribution in [3.8, 4) is 0 Å². The second-order valence-electron chi connectivity index (χ2n) is 6.21. The normalized spacial score (nSPS) is 11.7. The summed E-state index contributed by atoms with van der Waals surface area (Å²) in [7, 11) is 1.68. The summed E-state index contributed by atoms with van der Waals surface area (Å²) in [5.41, 5.74) is 1.55. The Kier molecular flexibility index (Phi) is 6.02. The molecule has 144 valence electrons. The van der Waals surface area contributed by atoms with Crippen molar-refractivity contribution in [2.75, 3.05) is 12.4 Å². The van der Waals surface area contributed by atoms with Crippen LogP contribution in [0.4, 0.5) is 5.69 Å². The summed E-state index contributed by atoms with van der Waals surface area (Å²) >= 11 is 11.9. The first-order chi connectivity index (χ1) is 13.4. The zero-order valence-electron chi connectivity index (χ0n) is 15.2. The molecule has 0 spiro atoms. The smallest absolute Gasteiger partial charge is 0.276 e. The standard InChI is InChI=1S/C20H18Cl2N4O2/c1-12(13-6-4-3-5-7-13)26(2)20(28)18-17(23-11-24-18)19(27)25-14-8-9-15(21)16(22)10-14/h3-12H,1-2H3,(H,23,24)(H,25,27)/t12-/m0/s1. The molecule has 1 heterocycles. The summed E-state index contributed by atoms with van der Waals surface area (Å²) in [5.74, 6) is -0.864. The Morgan fingerprint density at radius 2 is 1.82 bits per heavy atom. The fraction of sp³-hybridized carbons (Fsp3) is 0.150. The molecule has 6 nitrogen and oxygen atoms in total. The predicted molar refractivity (Wildman–Crippen MR) is 110 cm³/mol. The van der Waals surface area contributed by atoms with Crippen molar-refractivity contribution in [3.63, 3.8) is 0 Å². The highest BCUT2D eigenvalue weighted by Crippen LogP contribution is 2.26. The van der Waals surface area contributed by atoms with Crippen molar-refractivity contribution in [2.45, 2.75) is 13.0 Å². The molecule has 0 fully saturated rings. The third kappa shape index (κ3) is 4.18. The van der Waals surface area contributed by atoms with Crippen molar-refractivity contribution >= 4 is 40.7 Å². The second-order valence-corrected chi connectivity index (χ2v) is 7.03. The van der Waals surface area contributed by atoms with Gasteiger partial charge in [0.15, 0.2) is 5.69 Å². The van der Waals surface area contributed by atoms with E-state index in [-0.39, 0.29) is 23.3 Å². The van der Waals surface area contributed by atoms with Crippen molar-refractivity contribution in [1.82, 2.24) is 14.9 Å². The first-order valence-electron chi connectivity index (χ1n) is 8.50. The summed E-state index contributed by atoms with van der Waals surface area (Å²) in [6, 6.07) is 14.2. The van der Waals surface area contributed by atoms with Crippen LogP contribution in [-0.4, -0.2) is 33.7 Å². The van der Waals surface area contributed by atoms with Crippen LogP contribution < -0.4 is 5.32 Å². The SMILES string of the molecule is C[C@@H](c1ccccc1)N(C)C(=O)c1[nH]cnc1C(=O)Nc1ccc(Cl)c(Cl)c1. The quantitative estimate of drug-likeness (QED) is 0.626. The Labute approximate surface area is 172 Å². The van der Waals surface area contributed by atoms with Gasteiger partial charge in [-0.25, -0.2) is 4.98 Å². The lowest BCUT2D eigenvalue weighted by atomic mass is 10.1. The van der Waals surface area contributed by atoms with E-state index in [1.807, 2.05) is 37.3 Å².